The lowest BCUT2D eigenvalue weighted by Crippen LogP contribution is -2.41. The fourth-order valence-corrected chi connectivity index (χ4v) is 0.868. The zero-order valence-electron chi connectivity index (χ0n) is 8.72. The molecule has 0 radical (unpaired) electrons. The van der Waals surface area contributed by atoms with Gasteiger partial charge < -0.3 is 10.5 Å². The van der Waals surface area contributed by atoms with Crippen LogP contribution >= 0.6 is 0 Å². The maximum atomic E-state index is 5.76. The molecular formula is C9H20N2O. The Morgan fingerprint density at radius 2 is 2.00 bits per heavy atom. The predicted octanol–water partition coefficient (Wildman–Crippen LogP) is 1.57. The van der Waals surface area contributed by atoms with Gasteiger partial charge in [0.2, 0.25) is 0 Å². The van der Waals surface area contributed by atoms with Crippen LogP contribution in [0, 0.1) is 0 Å². The minimum absolute atomic E-state index is 0.227. The molecular weight excluding hydrogens is 152 g/mol. The lowest BCUT2D eigenvalue weighted by molar-refractivity contribution is 0.0428. The fraction of sp³-hybridized carbons (Fsp3) is 0.889. The Hall–Kier alpha value is -0.570. The summed E-state index contributed by atoms with van der Waals surface area (Å²) in [5, 5.41) is 0. The van der Waals surface area contributed by atoms with Crippen molar-refractivity contribution in [3.05, 3.63) is 0 Å². The smallest absolute Gasteiger partial charge is 0.126 e. The maximum Gasteiger partial charge on any atom is 0.126 e. The molecule has 3 nitrogen and oxygen atoms in total. The first-order valence-corrected chi connectivity index (χ1v) is 4.38. The van der Waals surface area contributed by atoms with E-state index >= 15 is 0 Å². The summed E-state index contributed by atoms with van der Waals surface area (Å²) >= 11 is 0. The largest absolute Gasteiger partial charge is 0.385 e. The van der Waals surface area contributed by atoms with Crippen molar-refractivity contribution in [2.45, 2.75) is 46.3 Å². The Morgan fingerprint density at radius 1 is 1.50 bits per heavy atom. The average Bonchev–Trinajstić information content (AvgIpc) is 1.85. The van der Waals surface area contributed by atoms with Gasteiger partial charge in [0, 0.05) is 12.6 Å². The van der Waals surface area contributed by atoms with E-state index in [9.17, 15) is 0 Å². The van der Waals surface area contributed by atoms with Gasteiger partial charge in [-0.1, -0.05) is 0 Å². The van der Waals surface area contributed by atoms with E-state index in [1.165, 1.54) is 0 Å². The topological polar surface area (TPSA) is 47.6 Å². The number of hydrogen-bond acceptors (Lipinski definition) is 2. The molecule has 0 saturated heterocycles. The molecule has 0 bridgehead atoms. The summed E-state index contributed by atoms with van der Waals surface area (Å²) in [6.07, 6.45) is 0. The van der Waals surface area contributed by atoms with E-state index in [4.69, 9.17) is 10.5 Å². The Bertz CT molecular complexity index is 162. The Kier molecular flexibility index (Phi) is 4.24. The van der Waals surface area contributed by atoms with Crippen molar-refractivity contribution in [1.82, 2.24) is 0 Å². The molecule has 72 valence electrons. The molecule has 0 saturated carbocycles. The highest BCUT2D eigenvalue weighted by Gasteiger charge is 2.22. The molecule has 0 spiro atoms. The van der Waals surface area contributed by atoms with Crippen molar-refractivity contribution >= 4 is 5.84 Å². The first kappa shape index (κ1) is 11.4. The lowest BCUT2D eigenvalue weighted by atomic mass is 10.1. The fourth-order valence-electron chi connectivity index (χ4n) is 0.868. The zero-order chi connectivity index (χ0) is 9.78. The first-order valence-electron chi connectivity index (χ1n) is 4.38. The van der Waals surface area contributed by atoms with E-state index in [1.54, 1.807) is 0 Å². The molecule has 3 heteroatoms. The van der Waals surface area contributed by atoms with E-state index < -0.39 is 5.60 Å². The number of hydrogen-bond donors (Lipinski definition) is 1. The van der Waals surface area contributed by atoms with E-state index in [1.807, 2.05) is 34.6 Å². The van der Waals surface area contributed by atoms with E-state index in [2.05, 4.69) is 4.99 Å². The van der Waals surface area contributed by atoms with Crippen LogP contribution in [0.25, 0.3) is 0 Å². The molecule has 0 aromatic carbocycles. The SMILES string of the molecule is CCOC(C)(C)C(N)=NC(C)C. The number of ether oxygens (including phenoxy) is 1. The summed E-state index contributed by atoms with van der Waals surface area (Å²) in [5.41, 5.74) is 5.33. The van der Waals surface area contributed by atoms with Crippen LogP contribution in [0.5, 0.6) is 0 Å². The first-order chi connectivity index (χ1) is 5.40. The molecule has 0 aliphatic carbocycles. The molecule has 0 unspecified atom stereocenters. The monoisotopic (exact) mass is 172 g/mol. The third-order valence-corrected chi connectivity index (χ3v) is 1.52. The van der Waals surface area contributed by atoms with Gasteiger partial charge in [-0.15, -0.1) is 0 Å². The molecule has 0 aromatic rings. The lowest BCUT2D eigenvalue weighted by Gasteiger charge is -2.24. The second-order valence-corrected chi connectivity index (χ2v) is 3.55. The summed E-state index contributed by atoms with van der Waals surface area (Å²) in [6, 6.07) is 0.227. The van der Waals surface area contributed by atoms with Crippen molar-refractivity contribution in [2.24, 2.45) is 10.7 Å². The highest BCUT2D eigenvalue weighted by Crippen LogP contribution is 2.09. The van der Waals surface area contributed by atoms with Crippen LogP contribution in [0.2, 0.25) is 0 Å². The van der Waals surface area contributed by atoms with Crippen LogP contribution in [0.1, 0.15) is 34.6 Å². The van der Waals surface area contributed by atoms with Gasteiger partial charge in [0.25, 0.3) is 0 Å². The van der Waals surface area contributed by atoms with Crippen LogP contribution < -0.4 is 5.73 Å². The molecule has 0 aliphatic rings. The van der Waals surface area contributed by atoms with E-state index in [0.717, 1.165) is 0 Å². The van der Waals surface area contributed by atoms with Gasteiger partial charge in [0.05, 0.1) is 0 Å². The summed E-state index contributed by atoms with van der Waals surface area (Å²) < 4.78 is 5.44. The molecule has 0 aliphatic heterocycles. The maximum absolute atomic E-state index is 5.76. The van der Waals surface area contributed by atoms with Crippen LogP contribution in [-0.4, -0.2) is 24.1 Å². The van der Waals surface area contributed by atoms with Gasteiger partial charge in [0.1, 0.15) is 11.4 Å². The molecule has 2 N–H and O–H groups in total. The van der Waals surface area contributed by atoms with Crippen molar-refractivity contribution in [3.8, 4) is 0 Å². The van der Waals surface area contributed by atoms with Crippen molar-refractivity contribution in [2.75, 3.05) is 6.61 Å². The number of nitrogens with two attached hydrogens (primary N) is 1. The van der Waals surface area contributed by atoms with Gasteiger partial charge in [-0.2, -0.15) is 0 Å². The highest BCUT2D eigenvalue weighted by molar-refractivity contribution is 5.88. The predicted molar refractivity (Wildman–Crippen MR) is 52.5 cm³/mol. The van der Waals surface area contributed by atoms with Gasteiger partial charge >= 0.3 is 0 Å². The summed E-state index contributed by atoms with van der Waals surface area (Å²) in [7, 11) is 0. The molecule has 0 atom stereocenters. The van der Waals surface area contributed by atoms with Crippen LogP contribution in [0.3, 0.4) is 0 Å². The van der Waals surface area contributed by atoms with E-state index in [-0.39, 0.29) is 6.04 Å². The van der Waals surface area contributed by atoms with Gasteiger partial charge in [0.15, 0.2) is 0 Å². The van der Waals surface area contributed by atoms with Crippen molar-refractivity contribution in [1.29, 1.82) is 0 Å². The molecule has 0 heterocycles. The number of nitrogens with zero attached hydrogens (tertiary/aromatic N) is 1. The number of aliphatic imine (C=N–C) groups is 1. The molecule has 0 rings (SSSR count). The van der Waals surface area contributed by atoms with Crippen LogP contribution in [0.4, 0.5) is 0 Å². The van der Waals surface area contributed by atoms with Crippen molar-refractivity contribution in [3.63, 3.8) is 0 Å². The third-order valence-electron chi connectivity index (χ3n) is 1.52. The third kappa shape index (κ3) is 3.72. The highest BCUT2D eigenvalue weighted by atomic mass is 16.5. The molecule has 0 aromatic heterocycles. The van der Waals surface area contributed by atoms with Crippen LogP contribution in [-0.2, 0) is 4.74 Å². The van der Waals surface area contributed by atoms with Gasteiger partial charge in [-0.05, 0) is 34.6 Å². The van der Waals surface area contributed by atoms with Crippen molar-refractivity contribution < 1.29 is 4.74 Å². The van der Waals surface area contributed by atoms with Gasteiger partial charge in [-0.25, -0.2) is 0 Å². The minimum atomic E-state index is -0.432. The quantitative estimate of drug-likeness (QED) is 0.517. The molecule has 12 heavy (non-hydrogen) atoms. The summed E-state index contributed by atoms with van der Waals surface area (Å²) in [4.78, 5) is 4.24. The Morgan fingerprint density at radius 3 is 2.33 bits per heavy atom. The summed E-state index contributed by atoms with van der Waals surface area (Å²) in [5.74, 6) is 0.569. The number of amidine groups is 1. The second-order valence-electron chi connectivity index (χ2n) is 3.55. The Labute approximate surface area is 75.0 Å². The van der Waals surface area contributed by atoms with Gasteiger partial charge in [-0.3, -0.25) is 4.99 Å². The zero-order valence-corrected chi connectivity index (χ0v) is 8.72. The number of rotatable bonds is 4. The van der Waals surface area contributed by atoms with E-state index in [0.29, 0.717) is 12.4 Å². The molecule has 0 fully saturated rings. The molecule has 0 amide bonds. The Balaban J connectivity index is 4.33. The van der Waals surface area contributed by atoms with Crippen LogP contribution in [0.15, 0.2) is 4.99 Å². The average molecular weight is 172 g/mol. The normalized spacial score (nSPS) is 14.0. The second kappa shape index (κ2) is 4.45. The summed E-state index contributed by atoms with van der Waals surface area (Å²) in [6.45, 7) is 10.4. The minimum Gasteiger partial charge on any atom is -0.385 e. The standard InChI is InChI=1S/C9H20N2O/c1-6-12-9(4,5)8(10)11-7(2)3/h7H,6H2,1-5H3,(H2,10,11).